The summed E-state index contributed by atoms with van der Waals surface area (Å²) in [5.74, 6) is -0.0557. The zero-order chi connectivity index (χ0) is 17.1. The fraction of sp³-hybridized carbons (Fsp3) is 0.474. The monoisotopic (exact) mass is 343 g/mol. The Hall–Kier alpha value is -1.72. The van der Waals surface area contributed by atoms with Gasteiger partial charge in [0.1, 0.15) is 9.88 Å². The molecule has 1 aromatic carbocycles. The van der Waals surface area contributed by atoms with Gasteiger partial charge in [-0.2, -0.15) is 0 Å². The van der Waals surface area contributed by atoms with Crippen LogP contribution in [-0.2, 0) is 6.54 Å². The average Bonchev–Trinajstić information content (AvgIpc) is 2.88. The van der Waals surface area contributed by atoms with Crippen molar-refractivity contribution < 1.29 is 4.79 Å². The first kappa shape index (κ1) is 17.1. The molecule has 1 fully saturated rings. The molecule has 5 heteroatoms. The van der Waals surface area contributed by atoms with E-state index in [-0.39, 0.29) is 5.91 Å². The van der Waals surface area contributed by atoms with Crippen LogP contribution in [-0.4, -0.2) is 28.9 Å². The van der Waals surface area contributed by atoms with Gasteiger partial charge in [0.05, 0.1) is 12.2 Å². The standard InChI is InChI=1S/C19H25N3OS/c1-13-9-14(2)11-16(10-13)21-19(23)18-15(3)20-17(24-18)12-22-7-5-4-6-8-22/h9-11H,4-8,12H2,1-3H3,(H,21,23). The van der Waals surface area contributed by atoms with Crippen LogP contribution in [0.15, 0.2) is 18.2 Å². The molecule has 4 nitrogen and oxygen atoms in total. The van der Waals surface area contributed by atoms with E-state index in [0.29, 0.717) is 0 Å². The SMILES string of the molecule is Cc1cc(C)cc(NC(=O)c2sc(CN3CCCCC3)nc2C)c1. The summed E-state index contributed by atoms with van der Waals surface area (Å²) in [6.07, 6.45) is 3.87. The molecule has 1 aromatic heterocycles. The highest BCUT2D eigenvalue weighted by molar-refractivity contribution is 7.13. The second-order valence-corrected chi connectivity index (χ2v) is 7.77. The highest BCUT2D eigenvalue weighted by Gasteiger charge is 2.18. The molecule has 0 saturated carbocycles. The van der Waals surface area contributed by atoms with E-state index in [9.17, 15) is 4.79 Å². The predicted molar refractivity (Wildman–Crippen MR) is 99.8 cm³/mol. The van der Waals surface area contributed by atoms with E-state index in [1.807, 2.05) is 32.9 Å². The Kier molecular flexibility index (Phi) is 5.31. The number of rotatable bonds is 4. The summed E-state index contributed by atoms with van der Waals surface area (Å²) < 4.78 is 0. The number of nitrogens with one attached hydrogen (secondary N) is 1. The van der Waals surface area contributed by atoms with Gasteiger partial charge in [0.15, 0.2) is 0 Å². The van der Waals surface area contributed by atoms with Gasteiger partial charge in [-0.3, -0.25) is 9.69 Å². The fourth-order valence-electron chi connectivity index (χ4n) is 3.27. The number of thiazole rings is 1. The Morgan fingerprint density at radius 3 is 2.46 bits per heavy atom. The van der Waals surface area contributed by atoms with Gasteiger partial charge in [-0.05, 0) is 70.0 Å². The van der Waals surface area contributed by atoms with Crippen LogP contribution >= 0.6 is 11.3 Å². The molecule has 0 aliphatic carbocycles. The first-order valence-corrected chi connectivity index (χ1v) is 9.41. The number of aromatic nitrogens is 1. The molecule has 1 amide bonds. The lowest BCUT2D eigenvalue weighted by Gasteiger charge is -2.25. The second kappa shape index (κ2) is 7.45. The van der Waals surface area contributed by atoms with Gasteiger partial charge in [0, 0.05) is 5.69 Å². The minimum atomic E-state index is -0.0557. The largest absolute Gasteiger partial charge is 0.321 e. The predicted octanol–water partition coefficient (Wildman–Crippen LogP) is 4.31. The van der Waals surface area contributed by atoms with Gasteiger partial charge < -0.3 is 5.32 Å². The van der Waals surface area contributed by atoms with Crippen molar-refractivity contribution in [2.75, 3.05) is 18.4 Å². The number of benzene rings is 1. The number of nitrogens with zero attached hydrogens (tertiary/aromatic N) is 2. The van der Waals surface area contributed by atoms with E-state index in [1.165, 1.54) is 30.6 Å². The molecule has 1 aliphatic rings. The number of piperidine rings is 1. The normalized spacial score (nSPS) is 15.5. The van der Waals surface area contributed by atoms with Gasteiger partial charge in [-0.1, -0.05) is 12.5 Å². The number of hydrogen-bond acceptors (Lipinski definition) is 4. The van der Waals surface area contributed by atoms with Crippen molar-refractivity contribution in [2.24, 2.45) is 0 Å². The quantitative estimate of drug-likeness (QED) is 0.900. The molecular formula is C19H25N3OS. The minimum absolute atomic E-state index is 0.0557. The van der Waals surface area contributed by atoms with Gasteiger partial charge in [-0.15, -0.1) is 11.3 Å². The fourth-order valence-corrected chi connectivity index (χ4v) is 4.28. The lowest BCUT2D eigenvalue weighted by Crippen LogP contribution is -2.28. The molecule has 3 rings (SSSR count). The highest BCUT2D eigenvalue weighted by Crippen LogP contribution is 2.23. The number of likely N-dealkylation sites (tertiary alicyclic amines) is 1. The Bertz CT molecular complexity index is 712. The van der Waals surface area contributed by atoms with E-state index in [1.54, 1.807) is 0 Å². The summed E-state index contributed by atoms with van der Waals surface area (Å²) in [5, 5.41) is 4.06. The number of anilines is 1. The van der Waals surface area contributed by atoms with Crippen LogP contribution < -0.4 is 5.32 Å². The average molecular weight is 343 g/mol. The number of carbonyl (C=O) groups excluding carboxylic acids is 1. The number of aryl methyl sites for hydroxylation is 3. The molecule has 0 unspecified atom stereocenters. The topological polar surface area (TPSA) is 45.2 Å². The van der Waals surface area contributed by atoms with Crippen molar-refractivity contribution in [3.63, 3.8) is 0 Å². The van der Waals surface area contributed by atoms with E-state index in [0.717, 1.165) is 52.0 Å². The molecule has 0 spiro atoms. The second-order valence-electron chi connectivity index (χ2n) is 6.69. The Morgan fingerprint density at radius 2 is 1.79 bits per heavy atom. The molecule has 0 bridgehead atoms. The molecule has 2 heterocycles. The van der Waals surface area contributed by atoms with E-state index in [4.69, 9.17) is 0 Å². The summed E-state index contributed by atoms with van der Waals surface area (Å²) >= 11 is 1.52. The Morgan fingerprint density at radius 1 is 1.12 bits per heavy atom. The van der Waals surface area contributed by atoms with Gasteiger partial charge in [0.25, 0.3) is 5.91 Å². The maximum Gasteiger partial charge on any atom is 0.267 e. The number of carbonyl (C=O) groups is 1. The van der Waals surface area contributed by atoms with Crippen LogP contribution in [0.2, 0.25) is 0 Å². The van der Waals surface area contributed by atoms with Crippen molar-refractivity contribution >= 4 is 22.9 Å². The summed E-state index contributed by atoms with van der Waals surface area (Å²) in [6.45, 7) is 9.15. The molecule has 1 aliphatic heterocycles. The van der Waals surface area contributed by atoms with Gasteiger partial charge in [-0.25, -0.2) is 4.98 Å². The van der Waals surface area contributed by atoms with Crippen molar-refractivity contribution in [1.82, 2.24) is 9.88 Å². The highest BCUT2D eigenvalue weighted by atomic mass is 32.1. The van der Waals surface area contributed by atoms with E-state index < -0.39 is 0 Å². The van der Waals surface area contributed by atoms with E-state index >= 15 is 0 Å². The van der Waals surface area contributed by atoms with Crippen LogP contribution in [0.1, 0.15) is 50.8 Å². The molecule has 0 radical (unpaired) electrons. The number of hydrogen-bond donors (Lipinski definition) is 1. The third kappa shape index (κ3) is 4.22. The molecule has 128 valence electrons. The maximum atomic E-state index is 12.6. The van der Waals surface area contributed by atoms with Crippen molar-refractivity contribution in [3.05, 3.63) is 44.9 Å². The molecule has 24 heavy (non-hydrogen) atoms. The van der Waals surface area contributed by atoms with Crippen LogP contribution in [0.5, 0.6) is 0 Å². The summed E-state index contributed by atoms with van der Waals surface area (Å²) in [5.41, 5.74) is 3.98. The lowest BCUT2D eigenvalue weighted by atomic mass is 10.1. The van der Waals surface area contributed by atoms with E-state index in [2.05, 4.69) is 21.3 Å². The zero-order valence-electron chi connectivity index (χ0n) is 14.7. The van der Waals surface area contributed by atoms with Crippen molar-refractivity contribution in [2.45, 2.75) is 46.6 Å². The summed E-state index contributed by atoms with van der Waals surface area (Å²) in [7, 11) is 0. The number of amides is 1. The third-order valence-electron chi connectivity index (χ3n) is 4.33. The molecule has 0 atom stereocenters. The van der Waals surface area contributed by atoms with Gasteiger partial charge in [0.2, 0.25) is 0 Å². The van der Waals surface area contributed by atoms with Crippen molar-refractivity contribution in [1.29, 1.82) is 0 Å². The van der Waals surface area contributed by atoms with Crippen LogP contribution in [0.25, 0.3) is 0 Å². The zero-order valence-corrected chi connectivity index (χ0v) is 15.5. The summed E-state index contributed by atoms with van der Waals surface area (Å²) in [4.78, 5) is 20.4. The van der Waals surface area contributed by atoms with Crippen molar-refractivity contribution in [3.8, 4) is 0 Å². The minimum Gasteiger partial charge on any atom is -0.321 e. The smallest absolute Gasteiger partial charge is 0.267 e. The molecule has 1 N–H and O–H groups in total. The van der Waals surface area contributed by atoms with Crippen LogP contribution in [0, 0.1) is 20.8 Å². The summed E-state index contributed by atoms with van der Waals surface area (Å²) in [6, 6.07) is 6.09. The molecular weight excluding hydrogens is 318 g/mol. The van der Waals surface area contributed by atoms with Gasteiger partial charge >= 0.3 is 0 Å². The Balaban J connectivity index is 1.70. The van der Waals surface area contributed by atoms with Crippen LogP contribution in [0.3, 0.4) is 0 Å². The first-order valence-electron chi connectivity index (χ1n) is 8.59. The molecule has 2 aromatic rings. The Labute approximate surface area is 147 Å². The molecule has 1 saturated heterocycles. The first-order chi connectivity index (χ1) is 11.5. The lowest BCUT2D eigenvalue weighted by molar-refractivity contribution is 0.103. The third-order valence-corrected chi connectivity index (χ3v) is 5.48. The maximum absolute atomic E-state index is 12.6. The van der Waals surface area contributed by atoms with Crippen LogP contribution in [0.4, 0.5) is 5.69 Å².